The van der Waals surface area contributed by atoms with Gasteiger partial charge < -0.3 is 0 Å². The van der Waals surface area contributed by atoms with Crippen LogP contribution in [0, 0.1) is 5.92 Å². The van der Waals surface area contributed by atoms with Crippen molar-refractivity contribution in [2.75, 3.05) is 13.1 Å². The highest BCUT2D eigenvalue weighted by Gasteiger charge is 2.38. The summed E-state index contributed by atoms with van der Waals surface area (Å²) >= 11 is 0. The molecule has 0 aromatic carbocycles. The number of nitrogens with zero attached hydrogens (tertiary/aromatic N) is 1. The van der Waals surface area contributed by atoms with E-state index in [1.807, 2.05) is 4.90 Å². The van der Waals surface area contributed by atoms with Crippen molar-refractivity contribution >= 4 is 0 Å². The second kappa shape index (κ2) is 4.36. The first kappa shape index (κ1) is 11.3. The molecule has 0 aromatic heterocycles. The number of piperidine rings is 1. The number of alkyl halides is 2. The van der Waals surface area contributed by atoms with Crippen molar-refractivity contribution in [2.45, 2.75) is 57.4 Å². The van der Waals surface area contributed by atoms with Gasteiger partial charge in [0.05, 0.1) is 6.54 Å². The normalized spacial score (nSPS) is 37.8. The van der Waals surface area contributed by atoms with E-state index in [9.17, 15) is 8.78 Å². The van der Waals surface area contributed by atoms with E-state index in [1.165, 1.54) is 12.8 Å². The van der Waals surface area contributed by atoms with E-state index in [0.29, 0.717) is 12.5 Å². The van der Waals surface area contributed by atoms with Crippen LogP contribution in [0.4, 0.5) is 8.78 Å². The zero-order valence-electron chi connectivity index (χ0n) is 9.51. The summed E-state index contributed by atoms with van der Waals surface area (Å²) in [6.07, 6.45) is 5.49. The fraction of sp³-hybridized carbons (Fsp3) is 1.00. The maximum absolute atomic E-state index is 13.3. The van der Waals surface area contributed by atoms with Crippen LogP contribution in [-0.2, 0) is 0 Å². The van der Waals surface area contributed by atoms with E-state index in [1.54, 1.807) is 0 Å². The molecule has 2 rings (SSSR count). The summed E-state index contributed by atoms with van der Waals surface area (Å²) < 4.78 is 26.5. The maximum Gasteiger partial charge on any atom is 0.260 e. The highest BCUT2D eigenvalue weighted by molar-refractivity contribution is 4.86. The van der Waals surface area contributed by atoms with Gasteiger partial charge in [0.1, 0.15) is 0 Å². The van der Waals surface area contributed by atoms with Gasteiger partial charge in [0.2, 0.25) is 0 Å². The molecule has 0 N–H and O–H groups in total. The lowest BCUT2D eigenvalue weighted by Gasteiger charge is -2.41. The Labute approximate surface area is 90.8 Å². The third kappa shape index (κ3) is 2.90. The van der Waals surface area contributed by atoms with Crippen LogP contribution in [0.25, 0.3) is 0 Å². The largest absolute Gasteiger partial charge is 0.294 e. The van der Waals surface area contributed by atoms with Gasteiger partial charge in [0.25, 0.3) is 5.92 Å². The van der Waals surface area contributed by atoms with Crippen LogP contribution in [0.5, 0.6) is 0 Å². The topological polar surface area (TPSA) is 3.24 Å². The Kier molecular flexibility index (Phi) is 3.29. The lowest BCUT2D eigenvalue weighted by Crippen LogP contribution is -2.49. The van der Waals surface area contributed by atoms with E-state index in [4.69, 9.17) is 0 Å². The predicted molar refractivity (Wildman–Crippen MR) is 57.2 cm³/mol. The number of rotatable bonds is 1. The summed E-state index contributed by atoms with van der Waals surface area (Å²) in [5.41, 5.74) is 0. The van der Waals surface area contributed by atoms with Gasteiger partial charge in [-0.25, -0.2) is 8.78 Å². The molecular formula is C12H21F2N. The molecule has 15 heavy (non-hydrogen) atoms. The lowest BCUT2D eigenvalue weighted by molar-refractivity contribution is -0.0801. The Morgan fingerprint density at radius 2 is 2.00 bits per heavy atom. The van der Waals surface area contributed by atoms with Crippen LogP contribution in [0.3, 0.4) is 0 Å². The van der Waals surface area contributed by atoms with Crippen LogP contribution < -0.4 is 0 Å². The molecule has 0 amide bonds. The Hall–Kier alpha value is -0.180. The first-order valence-corrected chi connectivity index (χ1v) is 6.19. The van der Waals surface area contributed by atoms with Crippen molar-refractivity contribution in [1.82, 2.24) is 4.90 Å². The van der Waals surface area contributed by atoms with Crippen LogP contribution in [0.15, 0.2) is 0 Å². The molecule has 1 saturated carbocycles. The molecule has 0 radical (unpaired) electrons. The third-order valence-corrected chi connectivity index (χ3v) is 3.85. The Morgan fingerprint density at radius 1 is 1.20 bits per heavy atom. The average Bonchev–Trinajstić information content (AvgIpc) is 2.16. The van der Waals surface area contributed by atoms with Crippen LogP contribution >= 0.6 is 0 Å². The van der Waals surface area contributed by atoms with Crippen molar-refractivity contribution < 1.29 is 8.78 Å². The number of likely N-dealkylation sites (tertiary alicyclic amines) is 1. The molecule has 0 spiro atoms. The summed E-state index contributed by atoms with van der Waals surface area (Å²) in [5.74, 6) is -1.71. The maximum atomic E-state index is 13.3. The number of hydrogen-bond donors (Lipinski definition) is 0. The van der Waals surface area contributed by atoms with Crippen LogP contribution in [0.2, 0.25) is 0 Å². The van der Waals surface area contributed by atoms with E-state index in [2.05, 4.69) is 6.92 Å². The van der Waals surface area contributed by atoms with Crippen LogP contribution in [0.1, 0.15) is 45.4 Å². The molecule has 2 atom stereocenters. The monoisotopic (exact) mass is 217 g/mol. The zero-order chi connectivity index (χ0) is 10.9. The van der Waals surface area contributed by atoms with Crippen molar-refractivity contribution in [3.63, 3.8) is 0 Å². The second-order valence-corrected chi connectivity index (χ2v) is 5.36. The van der Waals surface area contributed by atoms with Crippen molar-refractivity contribution in [3.8, 4) is 0 Å². The van der Waals surface area contributed by atoms with Crippen molar-refractivity contribution in [1.29, 1.82) is 0 Å². The number of halogens is 2. The Bertz CT molecular complexity index is 218. The number of hydrogen-bond acceptors (Lipinski definition) is 1. The lowest BCUT2D eigenvalue weighted by atomic mass is 9.85. The summed E-state index contributed by atoms with van der Waals surface area (Å²) in [4.78, 5) is 2.04. The molecule has 1 heterocycles. The van der Waals surface area contributed by atoms with Gasteiger partial charge in [-0.05, 0) is 31.7 Å². The molecular weight excluding hydrogens is 196 g/mol. The van der Waals surface area contributed by atoms with E-state index in [-0.39, 0.29) is 13.0 Å². The smallest absolute Gasteiger partial charge is 0.260 e. The fourth-order valence-corrected chi connectivity index (χ4v) is 3.04. The van der Waals surface area contributed by atoms with Crippen LogP contribution in [-0.4, -0.2) is 30.0 Å². The van der Waals surface area contributed by atoms with Gasteiger partial charge in [-0.3, -0.25) is 4.90 Å². The van der Waals surface area contributed by atoms with Gasteiger partial charge in [-0.15, -0.1) is 0 Å². The summed E-state index contributed by atoms with van der Waals surface area (Å²) in [6.45, 7) is 3.13. The average molecular weight is 217 g/mol. The predicted octanol–water partition coefficient (Wildman–Crippen LogP) is 3.30. The second-order valence-electron chi connectivity index (χ2n) is 5.36. The Balaban J connectivity index is 1.92. The molecule has 3 heteroatoms. The first-order valence-electron chi connectivity index (χ1n) is 6.19. The molecule has 1 nitrogen and oxygen atoms in total. The highest BCUT2D eigenvalue weighted by Crippen LogP contribution is 2.33. The Morgan fingerprint density at radius 3 is 2.67 bits per heavy atom. The zero-order valence-corrected chi connectivity index (χ0v) is 9.51. The molecule has 88 valence electrons. The molecule has 1 aliphatic carbocycles. The minimum Gasteiger partial charge on any atom is -0.294 e. The van der Waals surface area contributed by atoms with Crippen molar-refractivity contribution in [3.05, 3.63) is 0 Å². The summed E-state index contributed by atoms with van der Waals surface area (Å²) in [6, 6.07) is 0.430. The van der Waals surface area contributed by atoms with Gasteiger partial charge in [0, 0.05) is 12.5 Å². The van der Waals surface area contributed by atoms with Gasteiger partial charge in [-0.1, -0.05) is 19.8 Å². The van der Waals surface area contributed by atoms with Gasteiger partial charge in [-0.2, -0.15) is 0 Å². The fourth-order valence-electron chi connectivity index (χ4n) is 3.04. The molecule has 2 unspecified atom stereocenters. The van der Waals surface area contributed by atoms with Gasteiger partial charge in [0.15, 0.2) is 0 Å². The first-order chi connectivity index (χ1) is 7.07. The minimum absolute atomic E-state index is 0.00435. The van der Waals surface area contributed by atoms with Gasteiger partial charge >= 0.3 is 0 Å². The SMILES string of the molecule is CC1CCCC(N2CCCC(F)(F)C2)C1. The van der Waals surface area contributed by atoms with E-state index in [0.717, 1.165) is 25.3 Å². The highest BCUT2D eigenvalue weighted by atomic mass is 19.3. The molecule has 2 fully saturated rings. The molecule has 1 aliphatic heterocycles. The molecule has 2 aliphatic rings. The minimum atomic E-state index is -2.43. The molecule has 0 aromatic rings. The summed E-state index contributed by atoms with van der Waals surface area (Å²) in [7, 11) is 0. The quantitative estimate of drug-likeness (QED) is 0.651. The summed E-state index contributed by atoms with van der Waals surface area (Å²) in [5, 5.41) is 0. The van der Waals surface area contributed by atoms with E-state index >= 15 is 0 Å². The molecule has 1 saturated heterocycles. The third-order valence-electron chi connectivity index (χ3n) is 3.85. The standard InChI is InChI=1S/C12H21F2N/c1-10-4-2-5-11(8-10)15-7-3-6-12(13,14)9-15/h10-11H,2-9H2,1H3. The van der Waals surface area contributed by atoms with Crippen molar-refractivity contribution in [2.24, 2.45) is 5.92 Å². The van der Waals surface area contributed by atoms with E-state index < -0.39 is 5.92 Å². The molecule has 0 bridgehead atoms.